The van der Waals surface area contributed by atoms with Crippen molar-refractivity contribution >= 4 is 0 Å². The highest BCUT2D eigenvalue weighted by Gasteiger charge is 2.29. The van der Waals surface area contributed by atoms with Gasteiger partial charge in [0.15, 0.2) is 0 Å². The molecule has 0 aromatic heterocycles. The van der Waals surface area contributed by atoms with E-state index >= 15 is 0 Å². The Morgan fingerprint density at radius 3 is 3.00 bits per heavy atom. The van der Waals surface area contributed by atoms with Crippen LogP contribution in [0, 0.1) is 5.92 Å². The highest BCUT2D eigenvalue weighted by atomic mass is 15.0. The van der Waals surface area contributed by atoms with E-state index in [1.54, 1.807) is 0 Å². The number of hydrogen-bond acceptors (Lipinski definition) is 2. The van der Waals surface area contributed by atoms with Gasteiger partial charge in [0.2, 0.25) is 0 Å². The molecule has 56 valence electrons. The van der Waals surface area contributed by atoms with Gasteiger partial charge in [-0.1, -0.05) is 12.8 Å². The predicted molar refractivity (Wildman–Crippen MR) is 41.2 cm³/mol. The molecule has 2 nitrogen and oxygen atoms in total. The number of nitrogens with two attached hydrogens (primary N) is 1. The second-order valence-electron chi connectivity index (χ2n) is 3.31. The first kappa shape index (κ1) is 6.08. The first-order valence-corrected chi connectivity index (χ1v) is 4.09. The minimum Gasteiger partial charge on any atom is -0.401 e. The molecule has 10 heavy (non-hydrogen) atoms. The summed E-state index contributed by atoms with van der Waals surface area (Å²) in [7, 11) is 0. The Morgan fingerprint density at radius 1 is 1.40 bits per heavy atom. The van der Waals surface area contributed by atoms with Crippen LogP contribution in [0.1, 0.15) is 25.7 Å². The molecule has 0 saturated heterocycles. The Bertz CT molecular complexity index is 163. The summed E-state index contributed by atoms with van der Waals surface area (Å²) >= 11 is 0. The Hall–Kier alpha value is -0.660. The average molecular weight is 138 g/mol. The summed E-state index contributed by atoms with van der Waals surface area (Å²) in [5.74, 6) is 0.661. The Balaban J connectivity index is 2.08. The molecule has 0 aromatic carbocycles. The second kappa shape index (κ2) is 2.19. The van der Waals surface area contributed by atoms with E-state index in [0.717, 1.165) is 5.70 Å². The van der Waals surface area contributed by atoms with Crippen molar-refractivity contribution in [2.24, 2.45) is 11.7 Å². The van der Waals surface area contributed by atoms with Crippen LogP contribution in [0.2, 0.25) is 0 Å². The van der Waals surface area contributed by atoms with Gasteiger partial charge in [-0.15, -0.1) is 0 Å². The van der Waals surface area contributed by atoms with Gasteiger partial charge in [0, 0.05) is 23.9 Å². The van der Waals surface area contributed by atoms with E-state index in [0.29, 0.717) is 12.0 Å². The van der Waals surface area contributed by atoms with Crippen molar-refractivity contribution in [3.63, 3.8) is 0 Å². The van der Waals surface area contributed by atoms with Gasteiger partial charge in [0.05, 0.1) is 0 Å². The first-order valence-electron chi connectivity index (χ1n) is 4.09. The largest absolute Gasteiger partial charge is 0.401 e. The van der Waals surface area contributed by atoms with Crippen LogP contribution >= 0.6 is 0 Å². The molecule has 2 atom stereocenters. The monoisotopic (exact) mass is 138 g/mol. The van der Waals surface area contributed by atoms with E-state index in [4.69, 9.17) is 5.73 Å². The van der Waals surface area contributed by atoms with Crippen LogP contribution in [0.15, 0.2) is 11.9 Å². The van der Waals surface area contributed by atoms with Crippen LogP contribution in [0.5, 0.6) is 0 Å². The van der Waals surface area contributed by atoms with Crippen LogP contribution in [-0.4, -0.2) is 6.04 Å². The zero-order chi connectivity index (χ0) is 6.97. The van der Waals surface area contributed by atoms with Crippen molar-refractivity contribution in [1.82, 2.24) is 5.32 Å². The molecule has 0 radical (unpaired) electrons. The number of fused-ring (bicyclic) bond motifs is 1. The summed E-state index contributed by atoms with van der Waals surface area (Å²) in [6.07, 6.45) is 7.31. The van der Waals surface area contributed by atoms with Crippen molar-refractivity contribution in [3.05, 3.63) is 11.9 Å². The number of hydrogen-bond donors (Lipinski definition) is 2. The molecule has 1 aliphatic heterocycles. The average Bonchev–Trinajstić information content (AvgIpc) is 2.34. The SMILES string of the molecule is NC1=CNC2CCCCC12. The maximum Gasteiger partial charge on any atom is 0.0339 e. The molecule has 0 aromatic rings. The highest BCUT2D eigenvalue weighted by Crippen LogP contribution is 2.30. The third-order valence-corrected chi connectivity index (χ3v) is 2.66. The van der Waals surface area contributed by atoms with Gasteiger partial charge in [0.25, 0.3) is 0 Å². The lowest BCUT2D eigenvalue weighted by Gasteiger charge is -2.25. The molecule has 0 spiro atoms. The van der Waals surface area contributed by atoms with Crippen LogP contribution in [0.4, 0.5) is 0 Å². The molecule has 2 rings (SSSR count). The highest BCUT2D eigenvalue weighted by molar-refractivity contribution is 5.13. The summed E-state index contributed by atoms with van der Waals surface area (Å²) in [4.78, 5) is 0. The third-order valence-electron chi connectivity index (χ3n) is 2.66. The van der Waals surface area contributed by atoms with Gasteiger partial charge in [-0.25, -0.2) is 0 Å². The topological polar surface area (TPSA) is 38.0 Å². The van der Waals surface area contributed by atoms with Gasteiger partial charge < -0.3 is 11.1 Å². The minimum atomic E-state index is 0.661. The van der Waals surface area contributed by atoms with Crippen molar-refractivity contribution < 1.29 is 0 Å². The lowest BCUT2D eigenvalue weighted by atomic mass is 9.85. The lowest BCUT2D eigenvalue weighted by Crippen LogP contribution is -2.31. The molecule has 0 amide bonds. The standard InChI is InChI=1S/C8H14N2/c9-7-5-10-8-4-2-1-3-6(7)8/h5-6,8,10H,1-4,9H2. The summed E-state index contributed by atoms with van der Waals surface area (Å²) in [5, 5.41) is 3.32. The molecule has 2 aliphatic rings. The maximum absolute atomic E-state index is 5.79. The van der Waals surface area contributed by atoms with Crippen LogP contribution in [0.25, 0.3) is 0 Å². The lowest BCUT2D eigenvalue weighted by molar-refractivity contribution is 0.340. The van der Waals surface area contributed by atoms with E-state index < -0.39 is 0 Å². The fourth-order valence-electron chi connectivity index (χ4n) is 2.04. The molecular formula is C8H14N2. The zero-order valence-corrected chi connectivity index (χ0v) is 6.14. The van der Waals surface area contributed by atoms with E-state index in [2.05, 4.69) is 5.32 Å². The Labute approximate surface area is 61.5 Å². The quantitative estimate of drug-likeness (QED) is 0.523. The molecule has 0 bridgehead atoms. The van der Waals surface area contributed by atoms with Crippen molar-refractivity contribution in [2.75, 3.05) is 0 Å². The Morgan fingerprint density at radius 2 is 2.20 bits per heavy atom. The van der Waals surface area contributed by atoms with Crippen molar-refractivity contribution in [3.8, 4) is 0 Å². The smallest absolute Gasteiger partial charge is 0.0339 e. The second-order valence-corrected chi connectivity index (χ2v) is 3.31. The fraction of sp³-hybridized carbons (Fsp3) is 0.750. The molecule has 1 saturated carbocycles. The van der Waals surface area contributed by atoms with E-state index in [9.17, 15) is 0 Å². The van der Waals surface area contributed by atoms with Crippen LogP contribution in [0.3, 0.4) is 0 Å². The summed E-state index contributed by atoms with van der Waals surface area (Å²) in [6, 6.07) is 0.675. The summed E-state index contributed by atoms with van der Waals surface area (Å²) in [5.41, 5.74) is 6.86. The van der Waals surface area contributed by atoms with E-state index in [-0.39, 0.29) is 0 Å². The molecule has 1 aliphatic carbocycles. The molecular weight excluding hydrogens is 124 g/mol. The number of rotatable bonds is 0. The molecule has 2 heteroatoms. The molecule has 1 fully saturated rings. The third kappa shape index (κ3) is 0.789. The van der Waals surface area contributed by atoms with Gasteiger partial charge in [-0.3, -0.25) is 0 Å². The zero-order valence-electron chi connectivity index (χ0n) is 6.14. The van der Waals surface area contributed by atoms with Gasteiger partial charge in [0.1, 0.15) is 0 Å². The van der Waals surface area contributed by atoms with Crippen molar-refractivity contribution in [2.45, 2.75) is 31.7 Å². The molecule has 1 heterocycles. The Kier molecular flexibility index (Phi) is 1.33. The predicted octanol–water partition coefficient (Wildman–Crippen LogP) is 0.948. The van der Waals surface area contributed by atoms with Gasteiger partial charge in [-0.05, 0) is 12.8 Å². The minimum absolute atomic E-state index is 0.661. The molecule has 3 N–H and O–H groups in total. The first-order chi connectivity index (χ1) is 4.88. The fourth-order valence-corrected chi connectivity index (χ4v) is 2.04. The molecule has 2 unspecified atom stereocenters. The van der Waals surface area contributed by atoms with Gasteiger partial charge in [-0.2, -0.15) is 0 Å². The van der Waals surface area contributed by atoms with Crippen LogP contribution in [-0.2, 0) is 0 Å². The maximum atomic E-state index is 5.79. The van der Waals surface area contributed by atoms with E-state index in [1.807, 2.05) is 6.20 Å². The van der Waals surface area contributed by atoms with Crippen molar-refractivity contribution in [1.29, 1.82) is 0 Å². The summed E-state index contributed by atoms with van der Waals surface area (Å²) in [6.45, 7) is 0. The normalized spacial score (nSPS) is 38.2. The van der Waals surface area contributed by atoms with Crippen LogP contribution < -0.4 is 11.1 Å². The van der Waals surface area contributed by atoms with E-state index in [1.165, 1.54) is 25.7 Å². The van der Waals surface area contributed by atoms with Gasteiger partial charge >= 0.3 is 0 Å². The number of nitrogens with one attached hydrogen (secondary N) is 1. The summed E-state index contributed by atoms with van der Waals surface area (Å²) < 4.78 is 0.